The Morgan fingerprint density at radius 1 is 1.17 bits per heavy atom. The molecule has 0 radical (unpaired) electrons. The largest absolute Gasteiger partial charge is 0.390 e. The maximum Gasteiger partial charge on any atom is 0.213 e. The fourth-order valence-electron chi connectivity index (χ4n) is 2.41. The normalized spacial score (nSPS) is 11.2. The fraction of sp³-hybridized carbons (Fsp3) is 0.0625. The molecule has 7 heteroatoms. The van der Waals surface area contributed by atoms with Crippen molar-refractivity contribution in [1.82, 2.24) is 19.6 Å². The molecule has 0 amide bonds. The predicted molar refractivity (Wildman–Crippen MR) is 85.4 cm³/mol. The van der Waals surface area contributed by atoms with Gasteiger partial charge in [-0.15, -0.1) is 0 Å². The van der Waals surface area contributed by atoms with Crippen LogP contribution in [-0.2, 0) is 6.61 Å². The van der Waals surface area contributed by atoms with Gasteiger partial charge in [0.2, 0.25) is 4.96 Å². The van der Waals surface area contributed by atoms with Gasteiger partial charge in [-0.3, -0.25) is 4.98 Å². The Kier molecular flexibility index (Phi) is 3.36. The SMILES string of the molecule is OCc1c(-c2cccnc2)nc2sc(-c3ccccc3F)nn12. The molecule has 5 nitrogen and oxygen atoms in total. The molecule has 0 saturated heterocycles. The summed E-state index contributed by atoms with van der Waals surface area (Å²) in [6.45, 7) is -0.216. The van der Waals surface area contributed by atoms with Gasteiger partial charge in [-0.25, -0.2) is 13.9 Å². The quantitative estimate of drug-likeness (QED) is 0.628. The number of pyridine rings is 1. The molecule has 114 valence electrons. The standard InChI is InChI=1S/C16H11FN4OS/c17-12-6-2-1-5-11(12)15-20-21-13(9-22)14(19-16(21)23-15)10-4-3-7-18-8-10/h1-8,22H,9H2. The molecule has 3 heterocycles. The number of halogens is 1. The maximum atomic E-state index is 13.9. The highest BCUT2D eigenvalue weighted by Gasteiger charge is 2.19. The van der Waals surface area contributed by atoms with Crippen molar-refractivity contribution in [3.63, 3.8) is 0 Å². The van der Waals surface area contributed by atoms with Crippen LogP contribution in [0.1, 0.15) is 5.69 Å². The van der Waals surface area contributed by atoms with E-state index in [0.29, 0.717) is 26.9 Å². The van der Waals surface area contributed by atoms with Gasteiger partial charge < -0.3 is 5.11 Å². The molecule has 0 bridgehead atoms. The third kappa shape index (κ3) is 2.30. The van der Waals surface area contributed by atoms with Crippen LogP contribution >= 0.6 is 11.3 Å². The second-order valence-electron chi connectivity index (χ2n) is 4.89. The van der Waals surface area contributed by atoms with Gasteiger partial charge >= 0.3 is 0 Å². The molecule has 0 aliphatic carbocycles. The van der Waals surface area contributed by atoms with Gasteiger partial charge in [0.05, 0.1) is 18.0 Å². The van der Waals surface area contributed by atoms with Crippen molar-refractivity contribution in [1.29, 1.82) is 0 Å². The van der Waals surface area contributed by atoms with E-state index in [1.807, 2.05) is 12.1 Å². The number of benzene rings is 1. The van der Waals surface area contributed by atoms with Crippen LogP contribution in [-0.4, -0.2) is 24.7 Å². The summed E-state index contributed by atoms with van der Waals surface area (Å²) in [6, 6.07) is 10.1. The lowest BCUT2D eigenvalue weighted by Crippen LogP contribution is -1.96. The number of rotatable bonds is 3. The minimum Gasteiger partial charge on any atom is -0.390 e. The topological polar surface area (TPSA) is 63.3 Å². The van der Waals surface area contributed by atoms with Gasteiger partial charge in [0.1, 0.15) is 5.82 Å². The van der Waals surface area contributed by atoms with E-state index >= 15 is 0 Å². The second kappa shape index (κ2) is 5.53. The third-order valence-electron chi connectivity index (χ3n) is 3.49. The molecule has 23 heavy (non-hydrogen) atoms. The zero-order chi connectivity index (χ0) is 15.8. The van der Waals surface area contributed by atoms with Crippen LogP contribution in [0.15, 0.2) is 48.8 Å². The van der Waals surface area contributed by atoms with Crippen LogP contribution in [0.25, 0.3) is 26.8 Å². The van der Waals surface area contributed by atoms with E-state index in [-0.39, 0.29) is 12.4 Å². The van der Waals surface area contributed by atoms with Gasteiger partial charge in [-0.1, -0.05) is 23.5 Å². The van der Waals surface area contributed by atoms with Crippen LogP contribution in [0.2, 0.25) is 0 Å². The number of hydrogen-bond acceptors (Lipinski definition) is 5. The Hall–Kier alpha value is -2.64. The van der Waals surface area contributed by atoms with Gasteiger partial charge in [0, 0.05) is 23.5 Å². The molecule has 0 aliphatic rings. The Morgan fingerprint density at radius 2 is 2.04 bits per heavy atom. The third-order valence-corrected chi connectivity index (χ3v) is 4.43. The zero-order valence-corrected chi connectivity index (χ0v) is 12.7. The Balaban J connectivity index is 1.89. The fourth-order valence-corrected chi connectivity index (χ4v) is 3.35. The lowest BCUT2D eigenvalue weighted by atomic mass is 10.2. The number of aromatic nitrogens is 4. The number of aliphatic hydroxyl groups excluding tert-OH is 1. The molecular weight excluding hydrogens is 315 g/mol. The van der Waals surface area contributed by atoms with Crippen molar-refractivity contribution in [3.8, 4) is 21.8 Å². The minimum atomic E-state index is -0.331. The molecule has 1 aromatic carbocycles. The summed E-state index contributed by atoms with van der Waals surface area (Å²) in [5, 5.41) is 14.6. The zero-order valence-electron chi connectivity index (χ0n) is 11.8. The lowest BCUT2D eigenvalue weighted by molar-refractivity contribution is 0.275. The molecule has 0 fully saturated rings. The van der Waals surface area contributed by atoms with E-state index in [1.54, 1.807) is 35.1 Å². The summed E-state index contributed by atoms with van der Waals surface area (Å²) in [5.74, 6) is -0.331. The molecule has 0 unspecified atom stereocenters. The highest BCUT2D eigenvalue weighted by Crippen LogP contribution is 2.31. The summed E-state index contributed by atoms with van der Waals surface area (Å²) < 4.78 is 15.5. The number of fused-ring (bicyclic) bond motifs is 1. The lowest BCUT2D eigenvalue weighted by Gasteiger charge is -2.00. The van der Waals surface area contributed by atoms with E-state index in [4.69, 9.17) is 0 Å². The van der Waals surface area contributed by atoms with Crippen LogP contribution in [0, 0.1) is 5.82 Å². The maximum absolute atomic E-state index is 13.9. The van der Waals surface area contributed by atoms with Crippen molar-refractivity contribution >= 4 is 16.3 Å². The number of imidazole rings is 1. The van der Waals surface area contributed by atoms with E-state index in [0.717, 1.165) is 5.56 Å². The predicted octanol–water partition coefficient (Wildman–Crippen LogP) is 3.15. The van der Waals surface area contributed by atoms with Gasteiger partial charge in [0.25, 0.3) is 0 Å². The van der Waals surface area contributed by atoms with Crippen LogP contribution < -0.4 is 0 Å². The average molecular weight is 326 g/mol. The Bertz CT molecular complexity index is 980. The highest BCUT2D eigenvalue weighted by atomic mass is 32.1. The van der Waals surface area contributed by atoms with E-state index in [9.17, 15) is 9.50 Å². The molecule has 0 aliphatic heterocycles. The molecule has 4 rings (SSSR count). The smallest absolute Gasteiger partial charge is 0.213 e. The first kappa shape index (κ1) is 14.0. The number of aliphatic hydroxyl groups is 1. The van der Waals surface area contributed by atoms with Crippen molar-refractivity contribution in [3.05, 3.63) is 60.3 Å². The molecule has 3 aromatic heterocycles. The van der Waals surface area contributed by atoms with Crippen molar-refractivity contribution in [2.75, 3.05) is 0 Å². The van der Waals surface area contributed by atoms with E-state index < -0.39 is 0 Å². The average Bonchev–Trinajstić information content (AvgIpc) is 3.13. The summed E-state index contributed by atoms with van der Waals surface area (Å²) in [4.78, 5) is 9.20. The van der Waals surface area contributed by atoms with E-state index in [2.05, 4.69) is 15.1 Å². The molecule has 0 atom stereocenters. The molecule has 0 saturated carbocycles. The summed E-state index contributed by atoms with van der Waals surface area (Å²) in [7, 11) is 0. The molecule has 4 aromatic rings. The van der Waals surface area contributed by atoms with Crippen molar-refractivity contribution in [2.24, 2.45) is 0 Å². The first-order valence-corrected chi connectivity index (χ1v) is 7.74. The van der Waals surface area contributed by atoms with Crippen LogP contribution in [0.4, 0.5) is 4.39 Å². The first-order valence-electron chi connectivity index (χ1n) is 6.92. The summed E-state index contributed by atoms with van der Waals surface area (Å²) in [5.41, 5.74) is 2.43. The number of nitrogens with zero attached hydrogens (tertiary/aromatic N) is 4. The number of hydrogen-bond donors (Lipinski definition) is 1. The van der Waals surface area contributed by atoms with Crippen molar-refractivity contribution in [2.45, 2.75) is 6.61 Å². The van der Waals surface area contributed by atoms with Gasteiger partial charge in [-0.2, -0.15) is 5.10 Å². The Labute approximate surface area is 134 Å². The summed E-state index contributed by atoms with van der Waals surface area (Å²) >= 11 is 1.28. The monoisotopic (exact) mass is 326 g/mol. The molecule has 1 N–H and O–H groups in total. The first-order chi connectivity index (χ1) is 11.3. The van der Waals surface area contributed by atoms with Crippen molar-refractivity contribution < 1.29 is 9.50 Å². The minimum absolute atomic E-state index is 0.216. The van der Waals surface area contributed by atoms with E-state index in [1.165, 1.54) is 17.4 Å². The van der Waals surface area contributed by atoms with Crippen LogP contribution in [0.3, 0.4) is 0 Å². The van der Waals surface area contributed by atoms with Gasteiger partial charge in [0.15, 0.2) is 5.01 Å². The highest BCUT2D eigenvalue weighted by molar-refractivity contribution is 7.19. The Morgan fingerprint density at radius 3 is 2.78 bits per heavy atom. The summed E-state index contributed by atoms with van der Waals surface area (Å²) in [6.07, 6.45) is 3.36. The van der Waals surface area contributed by atoms with Gasteiger partial charge in [-0.05, 0) is 24.3 Å². The molecule has 0 spiro atoms. The molecular formula is C16H11FN4OS. The van der Waals surface area contributed by atoms with Crippen LogP contribution in [0.5, 0.6) is 0 Å². The second-order valence-corrected chi connectivity index (χ2v) is 5.84.